The van der Waals surface area contributed by atoms with Crippen LogP contribution in [0.4, 0.5) is 0 Å². The van der Waals surface area contributed by atoms with Crippen LogP contribution in [0.5, 0.6) is 5.75 Å². The predicted molar refractivity (Wildman–Crippen MR) is 68.2 cm³/mol. The van der Waals surface area contributed by atoms with E-state index in [9.17, 15) is 0 Å². The minimum Gasteiger partial charge on any atom is -0.485 e. The highest BCUT2D eigenvalue weighted by atomic mass is 16.5. The van der Waals surface area contributed by atoms with Crippen molar-refractivity contribution in [2.75, 3.05) is 6.61 Å². The molecule has 0 aliphatic heterocycles. The van der Waals surface area contributed by atoms with Crippen LogP contribution in [0.1, 0.15) is 17.8 Å². The summed E-state index contributed by atoms with van der Waals surface area (Å²) in [6.07, 6.45) is 0.467. The molecule has 0 spiro atoms. The van der Waals surface area contributed by atoms with Crippen molar-refractivity contribution in [2.24, 2.45) is 7.05 Å². The lowest BCUT2D eigenvalue weighted by Gasteiger charge is -2.03. The van der Waals surface area contributed by atoms with Crippen LogP contribution in [0.25, 0.3) is 0 Å². The minimum absolute atomic E-state index is 0.0710. The Labute approximate surface area is 111 Å². The van der Waals surface area contributed by atoms with E-state index < -0.39 is 0 Å². The van der Waals surface area contributed by atoms with Crippen molar-refractivity contribution >= 4 is 0 Å². The van der Waals surface area contributed by atoms with E-state index in [1.165, 1.54) is 4.80 Å². The van der Waals surface area contributed by atoms with Gasteiger partial charge >= 0.3 is 0 Å². The topological polar surface area (TPSA) is 73.1 Å². The van der Waals surface area contributed by atoms with E-state index in [1.54, 1.807) is 7.05 Å². The summed E-state index contributed by atoms with van der Waals surface area (Å²) < 4.78 is 5.56. The molecule has 0 unspecified atom stereocenters. The molecule has 0 aliphatic carbocycles. The monoisotopic (exact) mass is 258 g/mol. The normalized spacial score (nSPS) is 9.79. The quantitative estimate of drug-likeness (QED) is 0.809. The second kappa shape index (κ2) is 6.52. The third-order valence-electron chi connectivity index (χ3n) is 2.22. The zero-order chi connectivity index (χ0) is 13.5. The summed E-state index contributed by atoms with van der Waals surface area (Å²) in [5, 5.41) is 20.2. The van der Waals surface area contributed by atoms with Gasteiger partial charge in [-0.15, -0.1) is 10.2 Å². The summed E-state index contributed by atoms with van der Waals surface area (Å²) in [4.78, 5) is 1.38. The average molecular weight is 258 g/mol. The molecule has 1 aromatic heterocycles. The second-order valence-electron chi connectivity index (χ2n) is 3.79. The summed E-state index contributed by atoms with van der Waals surface area (Å²) in [5.74, 6) is 7.04. The molecular formula is C13H14N4O2. The first kappa shape index (κ1) is 13.1. The number of rotatable bonds is 4. The van der Waals surface area contributed by atoms with Gasteiger partial charge in [0, 0.05) is 12.0 Å². The van der Waals surface area contributed by atoms with Gasteiger partial charge in [-0.1, -0.05) is 17.9 Å². The number of nitrogens with zero attached hydrogens (tertiary/aromatic N) is 4. The van der Waals surface area contributed by atoms with Crippen LogP contribution in [0.15, 0.2) is 24.3 Å². The fraction of sp³-hybridized carbons (Fsp3) is 0.308. The molecule has 19 heavy (non-hydrogen) atoms. The first-order valence-electron chi connectivity index (χ1n) is 5.83. The highest BCUT2D eigenvalue weighted by molar-refractivity contribution is 5.39. The molecule has 2 rings (SSSR count). The molecule has 0 bridgehead atoms. The van der Waals surface area contributed by atoms with Crippen molar-refractivity contribution in [1.29, 1.82) is 0 Å². The van der Waals surface area contributed by atoms with Gasteiger partial charge in [0.05, 0.1) is 13.7 Å². The van der Waals surface area contributed by atoms with Gasteiger partial charge in [-0.3, -0.25) is 0 Å². The van der Waals surface area contributed by atoms with Gasteiger partial charge in [-0.2, -0.15) is 4.80 Å². The molecule has 2 aromatic rings. The standard InChI is InChI=1S/C13H14N4O2/c1-17-15-13(14-16-17)10-19-12-7-4-6-11(9-12)5-2-3-8-18/h4,6-7,9,18H,3,8,10H2,1H3. The summed E-state index contributed by atoms with van der Waals surface area (Å²) in [7, 11) is 1.70. The molecule has 0 radical (unpaired) electrons. The Bertz CT molecular complexity index is 598. The molecule has 0 aliphatic rings. The molecule has 0 amide bonds. The van der Waals surface area contributed by atoms with Gasteiger partial charge in [0.1, 0.15) is 5.75 Å². The molecule has 0 fully saturated rings. The summed E-state index contributed by atoms with van der Waals surface area (Å²) in [6.45, 7) is 0.336. The van der Waals surface area contributed by atoms with E-state index >= 15 is 0 Å². The average Bonchev–Trinajstić information content (AvgIpc) is 2.83. The number of tetrazole rings is 1. The van der Waals surface area contributed by atoms with E-state index in [1.807, 2.05) is 24.3 Å². The molecule has 0 saturated heterocycles. The number of benzene rings is 1. The number of hydrogen-bond donors (Lipinski definition) is 1. The van der Waals surface area contributed by atoms with Gasteiger partial charge in [0.2, 0.25) is 5.82 Å². The first-order chi connectivity index (χ1) is 9.28. The number of aliphatic hydroxyl groups is 1. The van der Waals surface area contributed by atoms with Crippen LogP contribution in [0.3, 0.4) is 0 Å². The Balaban J connectivity index is 1.97. The zero-order valence-corrected chi connectivity index (χ0v) is 10.6. The maximum atomic E-state index is 8.66. The predicted octanol–water partition coefficient (Wildman–Crippen LogP) is 0.523. The Hall–Kier alpha value is -2.39. The number of aromatic nitrogens is 4. The van der Waals surface area contributed by atoms with Crippen LogP contribution < -0.4 is 4.74 Å². The van der Waals surface area contributed by atoms with Crippen molar-refractivity contribution in [3.8, 4) is 17.6 Å². The highest BCUT2D eigenvalue weighted by Gasteiger charge is 2.01. The largest absolute Gasteiger partial charge is 0.485 e. The van der Waals surface area contributed by atoms with Crippen LogP contribution in [-0.2, 0) is 13.7 Å². The van der Waals surface area contributed by atoms with Gasteiger partial charge in [0.15, 0.2) is 6.61 Å². The lowest BCUT2D eigenvalue weighted by Crippen LogP contribution is -1.99. The molecule has 6 heteroatoms. The van der Waals surface area contributed by atoms with Crippen molar-refractivity contribution in [3.63, 3.8) is 0 Å². The molecular weight excluding hydrogens is 244 g/mol. The van der Waals surface area contributed by atoms with E-state index in [-0.39, 0.29) is 13.2 Å². The lowest BCUT2D eigenvalue weighted by atomic mass is 10.2. The summed E-state index contributed by atoms with van der Waals surface area (Å²) in [6, 6.07) is 7.43. The van der Waals surface area contributed by atoms with Crippen molar-refractivity contribution in [3.05, 3.63) is 35.7 Å². The number of aliphatic hydroxyl groups excluding tert-OH is 1. The van der Waals surface area contributed by atoms with Gasteiger partial charge in [-0.05, 0) is 23.4 Å². The summed E-state index contributed by atoms with van der Waals surface area (Å²) >= 11 is 0. The smallest absolute Gasteiger partial charge is 0.212 e. The number of aryl methyl sites for hydroxylation is 1. The Morgan fingerprint density at radius 2 is 2.32 bits per heavy atom. The van der Waals surface area contributed by atoms with Crippen LogP contribution in [-0.4, -0.2) is 31.9 Å². The highest BCUT2D eigenvalue weighted by Crippen LogP contribution is 2.13. The minimum atomic E-state index is 0.0710. The van der Waals surface area contributed by atoms with Crippen LogP contribution >= 0.6 is 0 Å². The van der Waals surface area contributed by atoms with E-state index in [0.29, 0.717) is 18.0 Å². The van der Waals surface area contributed by atoms with Crippen molar-refractivity contribution in [1.82, 2.24) is 20.2 Å². The third-order valence-corrected chi connectivity index (χ3v) is 2.22. The van der Waals surface area contributed by atoms with Crippen molar-refractivity contribution < 1.29 is 9.84 Å². The maximum absolute atomic E-state index is 8.66. The SMILES string of the molecule is Cn1nnc(COc2cccc(C#CCCO)c2)n1. The molecule has 1 heterocycles. The van der Waals surface area contributed by atoms with Crippen molar-refractivity contribution in [2.45, 2.75) is 13.0 Å². The van der Waals surface area contributed by atoms with E-state index in [0.717, 1.165) is 5.56 Å². The molecule has 98 valence electrons. The number of hydrogen-bond acceptors (Lipinski definition) is 5. The molecule has 0 saturated carbocycles. The van der Waals surface area contributed by atoms with Crippen LogP contribution in [0, 0.1) is 11.8 Å². The fourth-order valence-electron chi connectivity index (χ4n) is 1.41. The lowest BCUT2D eigenvalue weighted by molar-refractivity contribution is 0.295. The number of ether oxygens (including phenoxy) is 1. The van der Waals surface area contributed by atoms with E-state index in [2.05, 4.69) is 27.3 Å². The second-order valence-corrected chi connectivity index (χ2v) is 3.79. The molecule has 6 nitrogen and oxygen atoms in total. The fourth-order valence-corrected chi connectivity index (χ4v) is 1.41. The molecule has 1 aromatic carbocycles. The Morgan fingerprint density at radius 3 is 3.05 bits per heavy atom. The summed E-state index contributed by atoms with van der Waals surface area (Å²) in [5.41, 5.74) is 0.845. The van der Waals surface area contributed by atoms with Gasteiger partial charge < -0.3 is 9.84 Å². The third kappa shape index (κ3) is 4.08. The Morgan fingerprint density at radius 1 is 1.42 bits per heavy atom. The Kier molecular flexibility index (Phi) is 4.48. The zero-order valence-electron chi connectivity index (χ0n) is 10.6. The van der Waals surface area contributed by atoms with E-state index in [4.69, 9.17) is 9.84 Å². The maximum Gasteiger partial charge on any atom is 0.212 e. The van der Waals surface area contributed by atoms with Gasteiger partial charge in [0.25, 0.3) is 0 Å². The van der Waals surface area contributed by atoms with Crippen LogP contribution in [0.2, 0.25) is 0 Å². The first-order valence-corrected chi connectivity index (χ1v) is 5.83. The molecule has 0 atom stereocenters. The van der Waals surface area contributed by atoms with Gasteiger partial charge in [-0.25, -0.2) is 0 Å². The molecule has 1 N–H and O–H groups in total.